The van der Waals surface area contributed by atoms with Gasteiger partial charge in [-0.3, -0.25) is 14.2 Å². The highest BCUT2D eigenvalue weighted by Gasteiger charge is 2.25. The minimum Gasteiger partial charge on any atom is -0.479 e. The van der Waals surface area contributed by atoms with Crippen molar-refractivity contribution in [3.05, 3.63) is 38.3 Å². The van der Waals surface area contributed by atoms with Gasteiger partial charge in [-0.2, -0.15) is 0 Å². The molecular weight excluding hydrogens is 482 g/mol. The van der Waals surface area contributed by atoms with Gasteiger partial charge < -0.3 is 20.6 Å². The number of hydrogen-bond donors (Lipinski definition) is 4. The van der Waals surface area contributed by atoms with E-state index in [4.69, 9.17) is 21.8 Å². The van der Waals surface area contributed by atoms with E-state index in [0.717, 1.165) is 13.0 Å². The van der Waals surface area contributed by atoms with Crippen LogP contribution in [0.25, 0.3) is 10.9 Å². The molecule has 164 valence electrons. The lowest BCUT2D eigenvalue weighted by atomic mass is 9.97. The molecule has 30 heavy (non-hydrogen) atoms. The Hall–Kier alpha value is -1.85. The van der Waals surface area contributed by atoms with E-state index in [1.807, 2.05) is 0 Å². The predicted molar refractivity (Wildman–Crippen MR) is 115 cm³/mol. The molecule has 1 aromatic carbocycles. The lowest BCUT2D eigenvalue weighted by Gasteiger charge is -2.28. The zero-order valence-electron chi connectivity index (χ0n) is 16.2. The van der Waals surface area contributed by atoms with Crippen molar-refractivity contribution in [3.63, 3.8) is 0 Å². The molecule has 0 aliphatic carbocycles. The number of carboxylic acid groups (broad SMARTS) is 1. The number of aliphatic hydroxyl groups excluding tert-OH is 2. The van der Waals surface area contributed by atoms with Crippen LogP contribution in [0, 0.1) is 0 Å². The summed E-state index contributed by atoms with van der Waals surface area (Å²) in [5.41, 5.74) is 0.212. The number of carbonyl (C=O) groups excluding carboxylic acids is 1. The molecular formula is C19H23BrClN3O6. The normalized spacial score (nSPS) is 19.6. The van der Waals surface area contributed by atoms with Crippen LogP contribution in [0.5, 0.6) is 0 Å². The summed E-state index contributed by atoms with van der Waals surface area (Å²) in [6.07, 6.45) is 1.39. The summed E-state index contributed by atoms with van der Waals surface area (Å²) in [6, 6.07) is 2.97. The average molecular weight is 505 g/mol. The zero-order chi connectivity index (χ0) is 22.4. The summed E-state index contributed by atoms with van der Waals surface area (Å²) in [5, 5.41) is 29.6. The molecule has 2 unspecified atom stereocenters. The molecule has 2 aromatic rings. The fraction of sp³-hybridized carbons (Fsp3) is 0.474. The number of aliphatic hydroxyl groups is 2. The number of ketones is 1. The number of carboxylic acids is 1. The van der Waals surface area contributed by atoms with Gasteiger partial charge in [0.1, 0.15) is 6.10 Å². The molecule has 4 N–H and O–H groups in total. The predicted octanol–water partition coefficient (Wildman–Crippen LogP) is 1.34. The maximum Gasteiger partial charge on any atom is 0.332 e. The standard InChI is InChI=1S/C16H17BrClN3O3.C3H6O3/c17-11-6-13-10(5-12(11)18)16(24)21(8-20-13)7-9(22)4-14-15(23)2-1-3-19-14;1-2(4)3(5)6/h5-6,8,14-15,19,23H,1-4,7H2;2,4H,1H3,(H,5,6)/t14?,15-;/m1./s1. The van der Waals surface area contributed by atoms with Crippen molar-refractivity contribution in [1.82, 2.24) is 14.9 Å². The first kappa shape index (κ1) is 24.4. The van der Waals surface area contributed by atoms with Crippen molar-refractivity contribution in [2.24, 2.45) is 0 Å². The third kappa shape index (κ3) is 6.58. The fourth-order valence-corrected chi connectivity index (χ4v) is 3.40. The molecule has 2 heterocycles. The molecule has 0 radical (unpaired) electrons. The SMILES string of the molecule is CC(O)C(=O)O.O=C(CC1NCCC[C@H]1O)Cn1cnc2cc(Br)c(Cl)cc2c1=O. The molecule has 1 aromatic heterocycles. The second-order valence-corrected chi connectivity index (χ2v) is 8.25. The summed E-state index contributed by atoms with van der Waals surface area (Å²) >= 11 is 9.33. The number of Topliss-reactive ketones (excluding diaryl/α,β-unsaturated/α-hetero) is 1. The highest BCUT2D eigenvalue weighted by Crippen LogP contribution is 2.25. The number of fused-ring (bicyclic) bond motifs is 1. The largest absolute Gasteiger partial charge is 0.479 e. The highest BCUT2D eigenvalue weighted by atomic mass is 79.9. The quantitative estimate of drug-likeness (QED) is 0.478. The van der Waals surface area contributed by atoms with Gasteiger partial charge in [0.15, 0.2) is 5.78 Å². The van der Waals surface area contributed by atoms with Crippen LogP contribution in [-0.4, -0.2) is 61.4 Å². The number of carbonyl (C=O) groups is 2. The number of piperidine rings is 1. The third-order valence-corrected chi connectivity index (χ3v) is 5.76. The van der Waals surface area contributed by atoms with Crippen LogP contribution in [0.4, 0.5) is 0 Å². The van der Waals surface area contributed by atoms with Gasteiger partial charge in [-0.15, -0.1) is 0 Å². The van der Waals surface area contributed by atoms with E-state index in [-0.39, 0.29) is 30.3 Å². The van der Waals surface area contributed by atoms with Crippen molar-refractivity contribution in [3.8, 4) is 0 Å². The summed E-state index contributed by atoms with van der Waals surface area (Å²) in [6.45, 7) is 1.92. The second kappa shape index (κ2) is 11.0. The van der Waals surface area contributed by atoms with Crippen molar-refractivity contribution in [2.75, 3.05) is 6.54 Å². The lowest BCUT2D eigenvalue weighted by molar-refractivity contribution is -0.145. The Morgan fingerprint density at radius 3 is 2.70 bits per heavy atom. The molecule has 1 fully saturated rings. The number of benzene rings is 1. The summed E-state index contributed by atoms with van der Waals surface area (Å²) < 4.78 is 1.94. The van der Waals surface area contributed by atoms with E-state index in [2.05, 4.69) is 26.2 Å². The van der Waals surface area contributed by atoms with Crippen LogP contribution >= 0.6 is 27.5 Å². The van der Waals surface area contributed by atoms with E-state index in [1.54, 1.807) is 12.1 Å². The van der Waals surface area contributed by atoms with E-state index in [0.29, 0.717) is 26.8 Å². The van der Waals surface area contributed by atoms with Crippen LogP contribution in [-0.2, 0) is 16.1 Å². The van der Waals surface area contributed by atoms with Gasteiger partial charge in [0, 0.05) is 16.9 Å². The molecule has 1 saturated heterocycles. The smallest absolute Gasteiger partial charge is 0.332 e. The molecule has 1 aliphatic heterocycles. The first-order valence-corrected chi connectivity index (χ1v) is 10.5. The Kier molecular flexibility index (Phi) is 8.92. The number of rotatable bonds is 5. The first-order chi connectivity index (χ1) is 14.1. The van der Waals surface area contributed by atoms with Gasteiger partial charge in [-0.25, -0.2) is 9.78 Å². The van der Waals surface area contributed by atoms with Crippen LogP contribution in [0.15, 0.2) is 27.7 Å². The lowest BCUT2D eigenvalue weighted by Crippen LogP contribution is -2.46. The topological polar surface area (TPSA) is 142 Å². The van der Waals surface area contributed by atoms with Crippen LogP contribution in [0.3, 0.4) is 0 Å². The second-order valence-electron chi connectivity index (χ2n) is 6.99. The molecule has 3 rings (SSSR count). The van der Waals surface area contributed by atoms with Gasteiger partial charge in [0.25, 0.3) is 5.56 Å². The van der Waals surface area contributed by atoms with Gasteiger partial charge in [0.2, 0.25) is 0 Å². The first-order valence-electron chi connectivity index (χ1n) is 9.28. The van der Waals surface area contributed by atoms with Crippen LogP contribution < -0.4 is 10.9 Å². The number of aliphatic carboxylic acids is 1. The molecule has 3 atom stereocenters. The molecule has 0 saturated carbocycles. The molecule has 11 heteroatoms. The minimum atomic E-state index is -1.23. The van der Waals surface area contributed by atoms with Gasteiger partial charge in [0.05, 0.1) is 34.9 Å². The number of aromatic nitrogens is 2. The number of nitrogens with one attached hydrogen (secondary N) is 1. The van der Waals surface area contributed by atoms with Gasteiger partial charge >= 0.3 is 5.97 Å². The van der Waals surface area contributed by atoms with E-state index in [9.17, 15) is 19.5 Å². The molecule has 0 bridgehead atoms. The van der Waals surface area contributed by atoms with Crippen molar-refractivity contribution >= 4 is 50.2 Å². The van der Waals surface area contributed by atoms with Gasteiger partial charge in [-0.05, 0) is 54.4 Å². The highest BCUT2D eigenvalue weighted by molar-refractivity contribution is 9.10. The molecule has 9 nitrogen and oxygen atoms in total. The summed E-state index contributed by atoms with van der Waals surface area (Å²) in [5.74, 6) is -1.31. The van der Waals surface area contributed by atoms with Crippen LogP contribution in [0.1, 0.15) is 26.2 Å². The maximum atomic E-state index is 12.5. The average Bonchev–Trinajstić information content (AvgIpc) is 2.68. The van der Waals surface area contributed by atoms with Gasteiger partial charge in [-0.1, -0.05) is 11.6 Å². The Morgan fingerprint density at radius 2 is 2.10 bits per heavy atom. The Labute approximate surface area is 185 Å². The number of nitrogens with zero attached hydrogens (tertiary/aromatic N) is 2. The molecule has 0 spiro atoms. The zero-order valence-corrected chi connectivity index (χ0v) is 18.6. The van der Waals surface area contributed by atoms with Crippen molar-refractivity contribution in [1.29, 1.82) is 0 Å². The Balaban J connectivity index is 0.000000469. The van der Waals surface area contributed by atoms with E-state index >= 15 is 0 Å². The monoisotopic (exact) mass is 503 g/mol. The Bertz CT molecular complexity index is 981. The summed E-state index contributed by atoms with van der Waals surface area (Å²) in [7, 11) is 0. The number of halogens is 2. The van der Waals surface area contributed by atoms with Crippen molar-refractivity contribution < 1.29 is 24.9 Å². The van der Waals surface area contributed by atoms with E-state index < -0.39 is 18.2 Å². The summed E-state index contributed by atoms with van der Waals surface area (Å²) in [4.78, 5) is 38.4. The minimum absolute atomic E-state index is 0.0691. The third-order valence-electron chi connectivity index (χ3n) is 4.57. The maximum absolute atomic E-state index is 12.5. The fourth-order valence-electron chi connectivity index (χ4n) is 2.91. The Morgan fingerprint density at radius 1 is 1.43 bits per heavy atom. The molecule has 1 aliphatic rings. The molecule has 0 amide bonds. The number of hydrogen-bond acceptors (Lipinski definition) is 7. The van der Waals surface area contributed by atoms with Crippen molar-refractivity contribution in [2.45, 2.75) is 51.0 Å². The van der Waals surface area contributed by atoms with Crippen LogP contribution in [0.2, 0.25) is 5.02 Å². The van der Waals surface area contributed by atoms with E-state index in [1.165, 1.54) is 17.8 Å².